The van der Waals surface area contributed by atoms with Crippen molar-refractivity contribution in [1.82, 2.24) is 4.90 Å². The lowest BCUT2D eigenvalue weighted by Crippen LogP contribution is -2.31. The summed E-state index contributed by atoms with van der Waals surface area (Å²) < 4.78 is 0. The number of rotatable bonds is 2. The number of hydrogen-bond acceptors (Lipinski definition) is 1. The zero-order valence-corrected chi connectivity index (χ0v) is 7.13. The molecule has 0 amide bonds. The van der Waals surface area contributed by atoms with Crippen LogP contribution in [0.4, 0.5) is 0 Å². The molecule has 0 saturated carbocycles. The maximum absolute atomic E-state index is 2.79. The third-order valence-corrected chi connectivity index (χ3v) is 2.15. The van der Waals surface area contributed by atoms with Crippen LogP contribution < -0.4 is 0 Å². The van der Waals surface area contributed by atoms with Crippen molar-refractivity contribution >= 4 is 9.24 Å². The van der Waals surface area contributed by atoms with Crippen molar-refractivity contribution < 1.29 is 0 Å². The van der Waals surface area contributed by atoms with Gasteiger partial charge in [0.1, 0.15) is 0 Å². The van der Waals surface area contributed by atoms with E-state index in [2.05, 4.69) is 14.1 Å². The summed E-state index contributed by atoms with van der Waals surface area (Å²) in [5.41, 5.74) is 0. The standard InChI is InChI=1S/C7H16NP/c9-7-6-8-4-2-1-3-5-8/h1-7,9H2. The van der Waals surface area contributed by atoms with Crippen molar-refractivity contribution in [2.75, 3.05) is 25.8 Å². The summed E-state index contributed by atoms with van der Waals surface area (Å²) in [4.78, 5) is 2.55. The SMILES string of the molecule is PCCN1CCCCC1. The molecule has 1 aliphatic heterocycles. The van der Waals surface area contributed by atoms with Crippen molar-refractivity contribution in [3.05, 3.63) is 0 Å². The molecule has 0 aromatic rings. The molecule has 54 valence electrons. The zero-order valence-electron chi connectivity index (χ0n) is 5.97. The molecule has 2 heteroatoms. The van der Waals surface area contributed by atoms with Crippen LogP contribution in [0.25, 0.3) is 0 Å². The van der Waals surface area contributed by atoms with Gasteiger partial charge in [0.15, 0.2) is 0 Å². The molecule has 0 aliphatic carbocycles. The number of hydrogen-bond donors (Lipinski definition) is 0. The van der Waals surface area contributed by atoms with E-state index < -0.39 is 0 Å². The summed E-state index contributed by atoms with van der Waals surface area (Å²) >= 11 is 0. The van der Waals surface area contributed by atoms with Crippen molar-refractivity contribution in [2.45, 2.75) is 19.3 Å². The molecule has 0 aromatic carbocycles. The van der Waals surface area contributed by atoms with Gasteiger partial charge in [-0.2, -0.15) is 0 Å². The van der Waals surface area contributed by atoms with Gasteiger partial charge in [-0.1, -0.05) is 6.42 Å². The lowest BCUT2D eigenvalue weighted by atomic mass is 10.1. The molecule has 1 atom stereocenters. The van der Waals surface area contributed by atoms with Gasteiger partial charge >= 0.3 is 0 Å². The van der Waals surface area contributed by atoms with Crippen LogP contribution in [0.3, 0.4) is 0 Å². The Morgan fingerprint density at radius 1 is 1.11 bits per heavy atom. The normalized spacial score (nSPS) is 22.3. The third-order valence-electron chi connectivity index (χ3n) is 1.89. The number of nitrogens with zero attached hydrogens (tertiary/aromatic N) is 1. The van der Waals surface area contributed by atoms with E-state index >= 15 is 0 Å². The molecule has 1 rings (SSSR count). The first-order valence-electron chi connectivity index (χ1n) is 3.86. The molecule has 0 bridgehead atoms. The van der Waals surface area contributed by atoms with Crippen LogP contribution in [0, 0.1) is 0 Å². The molecular weight excluding hydrogens is 129 g/mol. The molecule has 1 aliphatic rings. The Kier molecular flexibility index (Phi) is 3.54. The minimum Gasteiger partial charge on any atom is -0.303 e. The maximum Gasteiger partial charge on any atom is 0.00159 e. The van der Waals surface area contributed by atoms with Crippen LogP contribution in [0.5, 0.6) is 0 Å². The minimum absolute atomic E-state index is 1.24. The van der Waals surface area contributed by atoms with Gasteiger partial charge in [-0.25, -0.2) is 0 Å². The Hall–Kier alpha value is 0.390. The Bertz CT molecular complexity index is 66.6. The average molecular weight is 145 g/mol. The zero-order chi connectivity index (χ0) is 6.53. The first-order valence-corrected chi connectivity index (χ1v) is 4.67. The highest BCUT2D eigenvalue weighted by Crippen LogP contribution is 2.07. The predicted octanol–water partition coefficient (Wildman–Crippen LogP) is 1.35. The topological polar surface area (TPSA) is 3.24 Å². The largest absolute Gasteiger partial charge is 0.303 e. The monoisotopic (exact) mass is 145 g/mol. The Morgan fingerprint density at radius 3 is 2.33 bits per heavy atom. The second kappa shape index (κ2) is 4.24. The molecule has 1 saturated heterocycles. The fraction of sp³-hybridized carbons (Fsp3) is 1.00. The van der Waals surface area contributed by atoms with E-state index in [9.17, 15) is 0 Å². The Morgan fingerprint density at radius 2 is 1.78 bits per heavy atom. The van der Waals surface area contributed by atoms with Crippen LogP contribution in [0.2, 0.25) is 0 Å². The van der Waals surface area contributed by atoms with Gasteiger partial charge in [-0.3, -0.25) is 0 Å². The van der Waals surface area contributed by atoms with E-state index in [1.54, 1.807) is 0 Å². The summed E-state index contributed by atoms with van der Waals surface area (Å²) in [6.45, 7) is 3.97. The fourth-order valence-electron chi connectivity index (χ4n) is 1.37. The molecular formula is C7H16NP. The summed E-state index contributed by atoms with van der Waals surface area (Å²) in [7, 11) is 2.79. The molecule has 0 radical (unpaired) electrons. The van der Waals surface area contributed by atoms with E-state index in [0.717, 1.165) is 0 Å². The quantitative estimate of drug-likeness (QED) is 0.530. The van der Waals surface area contributed by atoms with Gasteiger partial charge in [0, 0.05) is 6.54 Å². The lowest BCUT2D eigenvalue weighted by Gasteiger charge is -2.25. The van der Waals surface area contributed by atoms with E-state index in [0.29, 0.717) is 0 Å². The third kappa shape index (κ3) is 2.64. The van der Waals surface area contributed by atoms with Gasteiger partial charge in [-0.15, -0.1) is 9.24 Å². The lowest BCUT2D eigenvalue weighted by molar-refractivity contribution is 0.242. The molecule has 1 nitrogen and oxygen atoms in total. The highest BCUT2D eigenvalue weighted by atomic mass is 31.0. The van der Waals surface area contributed by atoms with Crippen LogP contribution in [-0.4, -0.2) is 30.7 Å². The van der Waals surface area contributed by atoms with E-state index in [-0.39, 0.29) is 0 Å². The molecule has 1 unspecified atom stereocenters. The molecule has 0 spiro atoms. The predicted molar refractivity (Wildman–Crippen MR) is 44.9 cm³/mol. The molecule has 1 heterocycles. The highest BCUT2D eigenvalue weighted by molar-refractivity contribution is 7.16. The molecule has 1 fully saturated rings. The van der Waals surface area contributed by atoms with Crippen molar-refractivity contribution in [1.29, 1.82) is 0 Å². The van der Waals surface area contributed by atoms with Crippen molar-refractivity contribution in [3.63, 3.8) is 0 Å². The van der Waals surface area contributed by atoms with Gasteiger partial charge in [0.05, 0.1) is 0 Å². The van der Waals surface area contributed by atoms with E-state index in [1.165, 1.54) is 45.1 Å². The summed E-state index contributed by atoms with van der Waals surface area (Å²) in [5, 5.41) is 0. The van der Waals surface area contributed by atoms with Crippen LogP contribution in [0.1, 0.15) is 19.3 Å². The second-order valence-electron chi connectivity index (χ2n) is 2.69. The molecule has 0 aromatic heterocycles. The van der Waals surface area contributed by atoms with Crippen LogP contribution in [-0.2, 0) is 0 Å². The fourth-order valence-corrected chi connectivity index (χ4v) is 1.73. The van der Waals surface area contributed by atoms with Crippen molar-refractivity contribution in [3.8, 4) is 0 Å². The Labute approximate surface area is 60.0 Å². The smallest absolute Gasteiger partial charge is 0.00159 e. The van der Waals surface area contributed by atoms with Crippen molar-refractivity contribution in [2.24, 2.45) is 0 Å². The summed E-state index contributed by atoms with van der Waals surface area (Å²) in [5.74, 6) is 0. The summed E-state index contributed by atoms with van der Waals surface area (Å²) in [6, 6.07) is 0. The second-order valence-corrected chi connectivity index (χ2v) is 3.27. The van der Waals surface area contributed by atoms with Gasteiger partial charge < -0.3 is 4.90 Å². The van der Waals surface area contributed by atoms with Gasteiger partial charge in [-0.05, 0) is 32.1 Å². The maximum atomic E-state index is 2.79. The van der Waals surface area contributed by atoms with Gasteiger partial charge in [0.25, 0.3) is 0 Å². The van der Waals surface area contributed by atoms with E-state index in [1.807, 2.05) is 0 Å². The first kappa shape index (κ1) is 7.50. The highest BCUT2D eigenvalue weighted by Gasteiger charge is 2.07. The Balaban J connectivity index is 2.08. The number of likely N-dealkylation sites (tertiary alicyclic amines) is 1. The van der Waals surface area contributed by atoms with E-state index in [4.69, 9.17) is 0 Å². The average Bonchev–Trinajstić information content (AvgIpc) is 1.91. The first-order chi connectivity index (χ1) is 4.43. The van der Waals surface area contributed by atoms with Crippen LogP contribution >= 0.6 is 9.24 Å². The molecule has 9 heavy (non-hydrogen) atoms. The minimum atomic E-state index is 1.24. The van der Waals surface area contributed by atoms with Crippen LogP contribution in [0.15, 0.2) is 0 Å². The van der Waals surface area contributed by atoms with Gasteiger partial charge in [0.2, 0.25) is 0 Å². The molecule has 0 N–H and O–H groups in total. The number of piperidine rings is 1. The summed E-state index contributed by atoms with van der Waals surface area (Å²) in [6.07, 6.45) is 5.53.